The summed E-state index contributed by atoms with van der Waals surface area (Å²) in [5, 5.41) is 2.82. The minimum absolute atomic E-state index is 0.0780. The van der Waals surface area contributed by atoms with E-state index >= 15 is 0 Å². The van der Waals surface area contributed by atoms with E-state index in [1.807, 2.05) is 13.0 Å². The summed E-state index contributed by atoms with van der Waals surface area (Å²) >= 11 is 0. The molecule has 0 radical (unpaired) electrons. The normalized spacial score (nSPS) is 13.9. The Morgan fingerprint density at radius 1 is 1.07 bits per heavy atom. The first-order chi connectivity index (χ1) is 14.5. The van der Waals surface area contributed by atoms with Gasteiger partial charge in [0.05, 0.1) is 12.5 Å². The molecule has 154 valence electrons. The van der Waals surface area contributed by atoms with Gasteiger partial charge in [-0.15, -0.1) is 0 Å². The number of halogens is 1. The third-order valence-corrected chi connectivity index (χ3v) is 5.23. The average molecular weight is 407 g/mol. The number of rotatable bonds is 4. The number of nitrogens with one attached hydrogen (secondary N) is 2. The maximum atomic E-state index is 13.1. The lowest BCUT2D eigenvalue weighted by Crippen LogP contribution is -2.48. The summed E-state index contributed by atoms with van der Waals surface area (Å²) in [4.78, 5) is 35.8. The summed E-state index contributed by atoms with van der Waals surface area (Å²) in [7, 11) is 0. The Hall–Kier alpha value is -3.68. The third kappa shape index (κ3) is 4.17. The van der Waals surface area contributed by atoms with Crippen molar-refractivity contribution in [2.24, 2.45) is 0 Å². The van der Waals surface area contributed by atoms with E-state index in [1.54, 1.807) is 29.2 Å². The molecule has 1 aliphatic rings. The number of imidazole rings is 1. The van der Waals surface area contributed by atoms with Crippen LogP contribution in [-0.4, -0.2) is 52.9 Å². The van der Waals surface area contributed by atoms with E-state index < -0.39 is 0 Å². The van der Waals surface area contributed by atoms with Crippen LogP contribution in [0, 0.1) is 12.7 Å². The molecule has 0 saturated carbocycles. The fraction of sp³-hybridized carbons (Fsp3) is 0.227. The number of aryl methyl sites for hydroxylation is 1. The highest BCUT2D eigenvalue weighted by atomic mass is 19.1. The van der Waals surface area contributed by atoms with Gasteiger partial charge < -0.3 is 20.1 Å². The van der Waals surface area contributed by atoms with Crippen molar-refractivity contribution < 1.29 is 14.0 Å². The van der Waals surface area contributed by atoms with Crippen LogP contribution in [0.4, 0.5) is 15.8 Å². The fourth-order valence-electron chi connectivity index (χ4n) is 3.46. The number of hydrogen-bond donors (Lipinski definition) is 2. The topological polar surface area (TPSA) is 81.3 Å². The molecule has 30 heavy (non-hydrogen) atoms. The third-order valence-electron chi connectivity index (χ3n) is 5.23. The SMILES string of the molecule is Cc1ccc(C(=O)N2CCN(c3ccc(F)cc3)CC2)cc1NC(=O)c1cnc[nH]1. The molecule has 1 aliphatic heterocycles. The first kappa shape index (κ1) is 19.6. The molecule has 0 atom stereocenters. The molecule has 1 aromatic heterocycles. The van der Waals surface area contributed by atoms with Gasteiger partial charge in [0, 0.05) is 43.1 Å². The Morgan fingerprint density at radius 3 is 2.47 bits per heavy atom. The second-order valence-corrected chi connectivity index (χ2v) is 7.20. The predicted octanol–water partition coefficient (Wildman–Crippen LogP) is 3.07. The molecule has 2 heterocycles. The maximum absolute atomic E-state index is 13.1. The summed E-state index contributed by atoms with van der Waals surface area (Å²) < 4.78 is 13.1. The predicted molar refractivity (Wildman–Crippen MR) is 112 cm³/mol. The molecule has 0 spiro atoms. The van der Waals surface area contributed by atoms with Crippen molar-refractivity contribution in [3.05, 3.63) is 77.6 Å². The highest BCUT2D eigenvalue weighted by Crippen LogP contribution is 2.21. The zero-order chi connectivity index (χ0) is 21.1. The van der Waals surface area contributed by atoms with Crippen LogP contribution in [0.5, 0.6) is 0 Å². The number of carbonyl (C=O) groups excluding carboxylic acids is 2. The number of aromatic amines is 1. The van der Waals surface area contributed by atoms with Gasteiger partial charge in [-0.2, -0.15) is 0 Å². The van der Waals surface area contributed by atoms with Gasteiger partial charge in [-0.05, 0) is 48.9 Å². The Morgan fingerprint density at radius 2 is 1.80 bits per heavy atom. The van der Waals surface area contributed by atoms with Crippen LogP contribution in [0.15, 0.2) is 55.0 Å². The van der Waals surface area contributed by atoms with E-state index in [9.17, 15) is 14.0 Å². The first-order valence-electron chi connectivity index (χ1n) is 9.71. The van der Waals surface area contributed by atoms with Crippen molar-refractivity contribution in [1.29, 1.82) is 0 Å². The Kier molecular flexibility index (Phi) is 5.47. The van der Waals surface area contributed by atoms with Crippen molar-refractivity contribution in [3.63, 3.8) is 0 Å². The van der Waals surface area contributed by atoms with Gasteiger partial charge >= 0.3 is 0 Å². The van der Waals surface area contributed by atoms with Crippen molar-refractivity contribution >= 4 is 23.2 Å². The maximum Gasteiger partial charge on any atom is 0.273 e. The van der Waals surface area contributed by atoms with Crippen LogP contribution in [-0.2, 0) is 0 Å². The molecular formula is C22H22FN5O2. The number of hydrogen-bond acceptors (Lipinski definition) is 4. The van der Waals surface area contributed by atoms with Gasteiger partial charge in [-0.3, -0.25) is 9.59 Å². The fourth-order valence-corrected chi connectivity index (χ4v) is 3.46. The standard InChI is InChI=1S/C22H22FN5O2/c1-15-2-3-16(12-19(15)26-21(29)20-13-24-14-25-20)22(30)28-10-8-27(9-11-28)18-6-4-17(23)5-7-18/h2-7,12-14H,8-11H2,1H3,(H,24,25)(H,26,29). The number of benzene rings is 2. The second-order valence-electron chi connectivity index (χ2n) is 7.20. The lowest BCUT2D eigenvalue weighted by atomic mass is 10.1. The van der Waals surface area contributed by atoms with E-state index in [0.717, 1.165) is 11.3 Å². The second kappa shape index (κ2) is 8.36. The van der Waals surface area contributed by atoms with Crippen molar-refractivity contribution in [1.82, 2.24) is 14.9 Å². The molecule has 2 aromatic carbocycles. The van der Waals surface area contributed by atoms with Crippen LogP contribution >= 0.6 is 0 Å². The smallest absolute Gasteiger partial charge is 0.273 e. The quantitative estimate of drug-likeness (QED) is 0.697. The van der Waals surface area contributed by atoms with Crippen LogP contribution < -0.4 is 10.2 Å². The molecule has 7 nitrogen and oxygen atoms in total. The number of aromatic nitrogens is 2. The van der Waals surface area contributed by atoms with E-state index in [1.165, 1.54) is 24.7 Å². The number of anilines is 2. The summed E-state index contributed by atoms with van der Waals surface area (Å²) in [6.45, 7) is 4.36. The molecule has 4 rings (SSSR count). The number of H-pyrrole nitrogens is 1. The molecule has 0 bridgehead atoms. The van der Waals surface area contributed by atoms with E-state index in [-0.39, 0.29) is 17.6 Å². The molecule has 0 unspecified atom stereocenters. The summed E-state index contributed by atoms with van der Waals surface area (Å²) in [5.41, 5.74) is 3.27. The summed E-state index contributed by atoms with van der Waals surface area (Å²) in [5.74, 6) is -0.652. The van der Waals surface area contributed by atoms with Crippen molar-refractivity contribution in [3.8, 4) is 0 Å². The minimum Gasteiger partial charge on any atom is -0.368 e. The van der Waals surface area contributed by atoms with Gasteiger partial charge in [0.2, 0.25) is 0 Å². The highest BCUT2D eigenvalue weighted by Gasteiger charge is 2.23. The number of piperazine rings is 1. The van der Waals surface area contributed by atoms with Crippen molar-refractivity contribution in [2.75, 3.05) is 36.4 Å². The van der Waals surface area contributed by atoms with Gasteiger partial charge in [-0.1, -0.05) is 6.07 Å². The van der Waals surface area contributed by atoms with E-state index in [0.29, 0.717) is 43.1 Å². The van der Waals surface area contributed by atoms with E-state index in [4.69, 9.17) is 0 Å². The Bertz CT molecular complexity index is 1040. The molecule has 2 amide bonds. The summed E-state index contributed by atoms with van der Waals surface area (Å²) in [6, 6.07) is 11.7. The molecule has 8 heteroatoms. The molecular weight excluding hydrogens is 385 g/mol. The molecule has 1 fully saturated rings. The number of nitrogens with zero attached hydrogens (tertiary/aromatic N) is 3. The van der Waals surface area contributed by atoms with Gasteiger partial charge in [0.1, 0.15) is 11.5 Å². The Balaban J connectivity index is 1.42. The lowest BCUT2D eigenvalue weighted by molar-refractivity contribution is 0.0746. The van der Waals surface area contributed by atoms with Crippen LogP contribution in [0.1, 0.15) is 26.4 Å². The minimum atomic E-state index is -0.312. The largest absolute Gasteiger partial charge is 0.368 e. The highest BCUT2D eigenvalue weighted by molar-refractivity contribution is 6.04. The van der Waals surface area contributed by atoms with Gasteiger partial charge in [0.25, 0.3) is 11.8 Å². The van der Waals surface area contributed by atoms with E-state index in [2.05, 4.69) is 20.2 Å². The number of amides is 2. The van der Waals surface area contributed by atoms with Crippen LogP contribution in [0.2, 0.25) is 0 Å². The monoisotopic (exact) mass is 407 g/mol. The molecule has 1 saturated heterocycles. The molecule has 3 aromatic rings. The van der Waals surface area contributed by atoms with Crippen LogP contribution in [0.3, 0.4) is 0 Å². The van der Waals surface area contributed by atoms with Crippen LogP contribution in [0.25, 0.3) is 0 Å². The lowest BCUT2D eigenvalue weighted by Gasteiger charge is -2.36. The average Bonchev–Trinajstić information content (AvgIpc) is 3.31. The molecule has 0 aliphatic carbocycles. The first-order valence-corrected chi connectivity index (χ1v) is 9.71. The summed E-state index contributed by atoms with van der Waals surface area (Å²) in [6.07, 6.45) is 2.88. The zero-order valence-corrected chi connectivity index (χ0v) is 16.6. The molecule has 2 N–H and O–H groups in total. The zero-order valence-electron chi connectivity index (χ0n) is 16.6. The van der Waals surface area contributed by atoms with Gasteiger partial charge in [-0.25, -0.2) is 9.37 Å². The van der Waals surface area contributed by atoms with Crippen molar-refractivity contribution in [2.45, 2.75) is 6.92 Å². The number of carbonyl (C=O) groups is 2. The Labute approximate surface area is 173 Å². The van der Waals surface area contributed by atoms with Gasteiger partial charge in [0.15, 0.2) is 0 Å².